The first-order valence-corrected chi connectivity index (χ1v) is 11.8. The molecule has 180 valence electrons. The number of hydrogen-bond acceptors (Lipinski definition) is 6. The molecule has 0 radical (unpaired) electrons. The zero-order valence-electron chi connectivity index (χ0n) is 17.9. The maximum absolute atomic E-state index is 14.2. The van der Waals surface area contributed by atoms with Gasteiger partial charge in [-0.15, -0.1) is 10.2 Å². The Kier molecular flexibility index (Phi) is 6.85. The Morgan fingerprint density at radius 1 is 1.15 bits per heavy atom. The predicted octanol–water partition coefficient (Wildman–Crippen LogP) is 5.98. The summed E-state index contributed by atoms with van der Waals surface area (Å²) >= 11 is 5.72. The molecule has 34 heavy (non-hydrogen) atoms. The molecule has 2 N–H and O–H groups in total. The van der Waals surface area contributed by atoms with Crippen molar-refractivity contribution in [3.63, 3.8) is 0 Å². The standard InChI is InChI=1S/C21H17ClF4N4O3S/c1-10-15(8-7-14(22)17(10)23)33-20-16(11(2)18(29-30-20)21(24,25)26)19(31)28-12-5-4-6-13(9-12)34(3,27)32/h4-9,27H,1-3H3,(H,28,31). The Hall–Kier alpha value is -3.25. The minimum absolute atomic E-state index is 0.0564. The van der Waals surface area contributed by atoms with Crippen molar-refractivity contribution in [2.75, 3.05) is 11.6 Å². The molecule has 3 aromatic rings. The van der Waals surface area contributed by atoms with Crippen molar-refractivity contribution in [1.82, 2.24) is 10.2 Å². The van der Waals surface area contributed by atoms with Crippen LogP contribution in [0.15, 0.2) is 41.3 Å². The van der Waals surface area contributed by atoms with Gasteiger partial charge in [0.2, 0.25) is 0 Å². The molecule has 7 nitrogen and oxygen atoms in total. The summed E-state index contributed by atoms with van der Waals surface area (Å²) in [6.45, 7) is 2.35. The number of ether oxygens (including phenoxy) is 1. The van der Waals surface area contributed by atoms with Crippen LogP contribution in [0.5, 0.6) is 11.6 Å². The fraction of sp³-hybridized carbons (Fsp3) is 0.190. The van der Waals surface area contributed by atoms with Gasteiger partial charge in [-0.05, 0) is 49.7 Å². The quantitative estimate of drug-likeness (QED) is 0.406. The third kappa shape index (κ3) is 5.28. The van der Waals surface area contributed by atoms with Crippen LogP contribution in [0.25, 0.3) is 0 Å². The lowest BCUT2D eigenvalue weighted by atomic mass is 10.1. The molecule has 0 aliphatic heterocycles. The topological polar surface area (TPSA) is 105 Å². The van der Waals surface area contributed by atoms with E-state index in [2.05, 4.69) is 15.5 Å². The van der Waals surface area contributed by atoms with Crippen molar-refractivity contribution in [3.8, 4) is 11.6 Å². The SMILES string of the molecule is Cc1c(Oc2nnc(C(F)(F)F)c(C)c2C(=O)Nc2cccc(S(C)(=N)=O)c2)ccc(Cl)c1F. The van der Waals surface area contributed by atoms with Crippen LogP contribution in [-0.4, -0.2) is 26.6 Å². The summed E-state index contributed by atoms with van der Waals surface area (Å²) < 4.78 is 79.6. The summed E-state index contributed by atoms with van der Waals surface area (Å²) in [7, 11) is -3.11. The summed E-state index contributed by atoms with van der Waals surface area (Å²) in [5, 5.41) is 8.78. The number of rotatable bonds is 5. The summed E-state index contributed by atoms with van der Waals surface area (Å²) in [5.74, 6) is -2.57. The van der Waals surface area contributed by atoms with E-state index in [1.54, 1.807) is 0 Å². The normalized spacial score (nSPS) is 13.3. The minimum Gasteiger partial charge on any atom is -0.437 e. The van der Waals surface area contributed by atoms with Crippen LogP contribution < -0.4 is 10.1 Å². The second-order valence-corrected chi connectivity index (χ2v) is 9.83. The lowest BCUT2D eigenvalue weighted by Crippen LogP contribution is -2.21. The molecular weight excluding hydrogens is 500 g/mol. The monoisotopic (exact) mass is 516 g/mol. The molecule has 0 bridgehead atoms. The maximum atomic E-state index is 14.2. The van der Waals surface area contributed by atoms with Crippen LogP contribution in [0.2, 0.25) is 5.02 Å². The second kappa shape index (κ2) is 9.18. The molecule has 0 aliphatic rings. The summed E-state index contributed by atoms with van der Waals surface area (Å²) in [5.41, 5.74) is -2.54. The van der Waals surface area contributed by atoms with Crippen molar-refractivity contribution < 1.29 is 31.3 Å². The van der Waals surface area contributed by atoms with Crippen LogP contribution in [0.3, 0.4) is 0 Å². The Balaban J connectivity index is 2.10. The zero-order valence-corrected chi connectivity index (χ0v) is 19.5. The van der Waals surface area contributed by atoms with Crippen molar-refractivity contribution in [3.05, 3.63) is 69.6 Å². The number of benzene rings is 2. The van der Waals surface area contributed by atoms with Crippen molar-refractivity contribution >= 4 is 32.9 Å². The molecule has 0 fully saturated rings. The number of hydrogen-bond donors (Lipinski definition) is 2. The Morgan fingerprint density at radius 2 is 1.82 bits per heavy atom. The van der Waals surface area contributed by atoms with Crippen LogP contribution >= 0.6 is 11.6 Å². The van der Waals surface area contributed by atoms with E-state index in [4.69, 9.17) is 21.1 Å². The third-order valence-corrected chi connectivity index (χ3v) is 6.16. The van der Waals surface area contributed by atoms with Gasteiger partial charge in [-0.25, -0.2) is 13.4 Å². The fourth-order valence-electron chi connectivity index (χ4n) is 2.97. The fourth-order valence-corrected chi connectivity index (χ4v) is 3.86. The van der Waals surface area contributed by atoms with Crippen LogP contribution in [0, 0.1) is 24.4 Å². The average Bonchev–Trinajstić information content (AvgIpc) is 2.73. The molecule has 1 atom stereocenters. The summed E-state index contributed by atoms with van der Waals surface area (Å²) in [6, 6.07) is 7.96. The van der Waals surface area contributed by atoms with Gasteiger partial charge >= 0.3 is 6.18 Å². The molecule has 3 rings (SSSR count). The van der Waals surface area contributed by atoms with Gasteiger partial charge in [-0.1, -0.05) is 17.7 Å². The van der Waals surface area contributed by atoms with E-state index >= 15 is 0 Å². The molecule has 0 aliphatic carbocycles. The largest absolute Gasteiger partial charge is 0.437 e. The molecule has 1 aromatic heterocycles. The van der Waals surface area contributed by atoms with E-state index in [1.807, 2.05) is 0 Å². The highest BCUT2D eigenvalue weighted by molar-refractivity contribution is 7.91. The number of anilines is 1. The maximum Gasteiger partial charge on any atom is 0.435 e. The minimum atomic E-state index is -4.91. The summed E-state index contributed by atoms with van der Waals surface area (Å²) in [6.07, 6.45) is -3.73. The molecule has 13 heteroatoms. The molecule has 0 saturated carbocycles. The number of carbonyl (C=O) groups excluding carboxylic acids is 1. The first kappa shape index (κ1) is 25.4. The number of aromatic nitrogens is 2. The first-order chi connectivity index (χ1) is 15.7. The van der Waals surface area contributed by atoms with E-state index < -0.39 is 50.3 Å². The first-order valence-electron chi connectivity index (χ1n) is 9.42. The third-order valence-electron chi connectivity index (χ3n) is 4.72. The Labute approximate surface area is 197 Å². The van der Waals surface area contributed by atoms with Crippen molar-refractivity contribution in [2.45, 2.75) is 24.9 Å². The summed E-state index contributed by atoms with van der Waals surface area (Å²) in [4.78, 5) is 13.2. The molecule has 0 spiro atoms. The highest BCUT2D eigenvalue weighted by Gasteiger charge is 2.38. The van der Waals surface area contributed by atoms with Gasteiger partial charge in [0.1, 0.15) is 17.1 Å². The van der Waals surface area contributed by atoms with E-state index in [-0.39, 0.29) is 26.9 Å². The lowest BCUT2D eigenvalue weighted by molar-refractivity contribution is -0.142. The molecule has 1 unspecified atom stereocenters. The number of amides is 1. The lowest BCUT2D eigenvalue weighted by Gasteiger charge is -2.17. The van der Waals surface area contributed by atoms with Crippen molar-refractivity contribution in [1.29, 1.82) is 4.78 Å². The number of halogens is 5. The highest BCUT2D eigenvalue weighted by Crippen LogP contribution is 2.36. The van der Waals surface area contributed by atoms with Crippen LogP contribution in [0.1, 0.15) is 27.2 Å². The van der Waals surface area contributed by atoms with Crippen LogP contribution in [0.4, 0.5) is 23.2 Å². The molecular formula is C21H17ClF4N4O3S. The molecule has 0 saturated heterocycles. The molecule has 1 heterocycles. The van der Waals surface area contributed by atoms with Gasteiger partial charge < -0.3 is 10.1 Å². The van der Waals surface area contributed by atoms with E-state index in [0.717, 1.165) is 6.92 Å². The molecule has 1 amide bonds. The van der Waals surface area contributed by atoms with Crippen molar-refractivity contribution in [2.24, 2.45) is 0 Å². The van der Waals surface area contributed by atoms with E-state index in [0.29, 0.717) is 0 Å². The highest BCUT2D eigenvalue weighted by atomic mass is 35.5. The van der Waals surface area contributed by atoms with Crippen LogP contribution in [-0.2, 0) is 15.9 Å². The van der Waals surface area contributed by atoms with Gasteiger partial charge in [0.25, 0.3) is 11.8 Å². The number of nitrogens with one attached hydrogen (secondary N) is 2. The molecule has 2 aromatic carbocycles. The van der Waals surface area contributed by atoms with Gasteiger partial charge in [0.15, 0.2) is 5.69 Å². The number of carbonyl (C=O) groups is 1. The van der Waals surface area contributed by atoms with Gasteiger partial charge in [0, 0.05) is 22.4 Å². The van der Waals surface area contributed by atoms with Gasteiger partial charge in [-0.2, -0.15) is 13.2 Å². The second-order valence-electron chi connectivity index (χ2n) is 7.26. The number of nitrogens with zero attached hydrogens (tertiary/aromatic N) is 2. The average molecular weight is 517 g/mol. The Morgan fingerprint density at radius 3 is 2.44 bits per heavy atom. The van der Waals surface area contributed by atoms with E-state index in [1.165, 1.54) is 49.6 Å². The van der Waals surface area contributed by atoms with Gasteiger partial charge in [-0.3, -0.25) is 4.79 Å². The van der Waals surface area contributed by atoms with E-state index in [9.17, 15) is 26.6 Å². The number of alkyl halides is 3. The Bertz CT molecular complexity index is 1400. The zero-order chi connectivity index (χ0) is 25.4. The van der Waals surface area contributed by atoms with Gasteiger partial charge in [0.05, 0.1) is 14.8 Å². The predicted molar refractivity (Wildman–Crippen MR) is 117 cm³/mol. The smallest absolute Gasteiger partial charge is 0.435 e.